The van der Waals surface area contributed by atoms with Crippen LogP contribution in [0, 0.1) is 13.5 Å². The second-order valence-corrected chi connectivity index (χ2v) is 11.7. The van der Waals surface area contributed by atoms with E-state index in [4.69, 9.17) is 18.8 Å². The molecule has 0 atom stereocenters. The zero-order valence-electron chi connectivity index (χ0n) is 19.8. The Morgan fingerprint density at radius 2 is 1.57 bits per heavy atom. The fourth-order valence-corrected chi connectivity index (χ4v) is 6.50. The molecule has 0 bridgehead atoms. The second-order valence-electron chi connectivity index (χ2n) is 9.39. The monoisotopic (exact) mass is 509 g/mol. The Labute approximate surface area is 211 Å². The van der Waals surface area contributed by atoms with E-state index in [-0.39, 0.29) is 5.91 Å². The zero-order chi connectivity index (χ0) is 25.0. The summed E-state index contributed by atoms with van der Waals surface area (Å²) < 4.78 is 25.1. The van der Waals surface area contributed by atoms with Gasteiger partial charge >= 0.3 is 0 Å². The van der Waals surface area contributed by atoms with Crippen LogP contribution < -0.4 is 14.7 Å². The molecule has 182 valence electrons. The number of thiocarbonyl (C=S) groups is 1. The zero-order valence-corrected chi connectivity index (χ0v) is 21.4. The number of sulfonamides is 1. The van der Waals surface area contributed by atoms with E-state index in [1.807, 2.05) is 42.2 Å². The lowest BCUT2D eigenvalue weighted by molar-refractivity contribution is -0.123. The molecule has 2 heterocycles. The maximum atomic E-state index is 13.7. The first-order valence-corrected chi connectivity index (χ1v) is 13.9. The van der Waals surface area contributed by atoms with E-state index >= 15 is 0 Å². The van der Waals surface area contributed by atoms with Crippen LogP contribution in [0.15, 0.2) is 42.5 Å². The van der Waals surface area contributed by atoms with Crippen LogP contribution in [-0.4, -0.2) is 61.7 Å². The van der Waals surface area contributed by atoms with E-state index in [0.29, 0.717) is 42.7 Å². The van der Waals surface area contributed by atoms with Crippen LogP contribution in [0.3, 0.4) is 0 Å². The van der Waals surface area contributed by atoms with Gasteiger partial charge in [-0.3, -0.25) is 9.69 Å². The van der Waals surface area contributed by atoms with Gasteiger partial charge in [-0.1, -0.05) is 6.07 Å². The number of benzene rings is 2. The molecule has 0 N–H and O–H groups in total. The Morgan fingerprint density at radius 3 is 2.09 bits per heavy atom. The van der Waals surface area contributed by atoms with E-state index in [1.165, 1.54) is 10.6 Å². The summed E-state index contributed by atoms with van der Waals surface area (Å²) >= 11 is 5.86. The van der Waals surface area contributed by atoms with Gasteiger partial charge in [0.15, 0.2) is 10.8 Å². The van der Waals surface area contributed by atoms with Crippen LogP contribution in [0.1, 0.15) is 24.8 Å². The summed E-state index contributed by atoms with van der Waals surface area (Å²) in [5, 5.41) is 0.458. The van der Waals surface area contributed by atoms with Crippen LogP contribution >= 0.6 is 12.2 Å². The largest absolute Gasteiger partial charge is 0.369 e. The molecule has 10 heteroatoms. The summed E-state index contributed by atoms with van der Waals surface area (Å²) in [5.74, 6) is -0.00955. The number of nitrogens with zero attached hydrogens (tertiary/aromatic N) is 5. The highest BCUT2D eigenvalue weighted by molar-refractivity contribution is 7.88. The van der Waals surface area contributed by atoms with Crippen LogP contribution in [0.2, 0.25) is 0 Å². The van der Waals surface area contributed by atoms with E-state index < -0.39 is 15.6 Å². The highest BCUT2D eigenvalue weighted by Crippen LogP contribution is 2.48. The predicted molar refractivity (Wildman–Crippen MR) is 142 cm³/mol. The van der Waals surface area contributed by atoms with Gasteiger partial charge in [0.2, 0.25) is 10.0 Å². The van der Waals surface area contributed by atoms with Crippen LogP contribution in [0.5, 0.6) is 0 Å². The maximum Gasteiger partial charge on any atom is 0.259 e. The molecular weight excluding hydrogens is 482 g/mol. The average molecular weight is 510 g/mol. The molecule has 1 amide bonds. The van der Waals surface area contributed by atoms with Crippen LogP contribution in [0.25, 0.3) is 4.85 Å². The summed E-state index contributed by atoms with van der Waals surface area (Å²) in [6.07, 6.45) is 3.71. The summed E-state index contributed by atoms with van der Waals surface area (Å²) in [5.41, 5.74) is 3.30. The van der Waals surface area contributed by atoms with E-state index in [9.17, 15) is 13.2 Å². The quantitative estimate of drug-likeness (QED) is 0.463. The van der Waals surface area contributed by atoms with Crippen LogP contribution in [-0.2, 0) is 14.8 Å². The molecule has 3 fully saturated rings. The molecule has 1 aliphatic carbocycles. The standard InChI is InChI=1S/C25H27N5O3S2/c1-18-17-21(9-10-22(18)26-2)29-23(31)25(11-4-12-25)30(24(29)34)20-7-5-19(6-8-20)27-13-15-28(16-14-27)35(3,32)33/h5-10,17H,4,11-16H2,1,3H3. The molecule has 35 heavy (non-hydrogen) atoms. The maximum absolute atomic E-state index is 13.7. The fourth-order valence-electron chi connectivity index (χ4n) is 5.20. The molecule has 0 radical (unpaired) electrons. The van der Waals surface area contributed by atoms with Gasteiger partial charge in [0.1, 0.15) is 5.54 Å². The number of aryl methyl sites for hydroxylation is 1. The molecule has 3 aliphatic rings. The number of carbonyl (C=O) groups excluding carboxylic acids is 1. The first-order valence-electron chi connectivity index (χ1n) is 11.6. The lowest BCUT2D eigenvalue weighted by Gasteiger charge is -2.43. The highest BCUT2D eigenvalue weighted by Gasteiger charge is 2.59. The number of hydrogen-bond donors (Lipinski definition) is 0. The van der Waals surface area contributed by atoms with Crippen molar-refractivity contribution in [3.05, 3.63) is 59.4 Å². The van der Waals surface area contributed by atoms with Gasteiger partial charge in [0, 0.05) is 43.2 Å². The third-order valence-electron chi connectivity index (χ3n) is 7.33. The van der Waals surface area contributed by atoms with E-state index in [0.717, 1.165) is 36.2 Å². The summed E-state index contributed by atoms with van der Waals surface area (Å²) in [6, 6.07) is 13.4. The number of anilines is 3. The minimum atomic E-state index is -3.17. The van der Waals surface area contributed by atoms with Crippen molar-refractivity contribution in [2.75, 3.05) is 47.1 Å². The molecule has 2 aromatic carbocycles. The van der Waals surface area contributed by atoms with Crippen molar-refractivity contribution < 1.29 is 13.2 Å². The summed E-state index contributed by atoms with van der Waals surface area (Å²) in [7, 11) is -3.17. The number of rotatable bonds is 4. The Bertz CT molecular complexity index is 1340. The average Bonchev–Trinajstić information content (AvgIpc) is 3.05. The van der Waals surface area contributed by atoms with Crippen molar-refractivity contribution >= 4 is 56.0 Å². The smallest absolute Gasteiger partial charge is 0.259 e. The first-order chi connectivity index (χ1) is 16.7. The molecular formula is C25H27N5O3S2. The Hall–Kier alpha value is -3.00. The summed E-state index contributed by atoms with van der Waals surface area (Å²) in [4.78, 5) is 23.0. The van der Waals surface area contributed by atoms with Crippen molar-refractivity contribution in [1.82, 2.24) is 4.31 Å². The molecule has 1 spiro atoms. The lowest BCUT2D eigenvalue weighted by Crippen LogP contribution is -2.55. The van der Waals surface area contributed by atoms with Gasteiger partial charge < -0.3 is 9.80 Å². The Kier molecular flexibility index (Phi) is 5.82. The van der Waals surface area contributed by atoms with Crippen molar-refractivity contribution in [2.45, 2.75) is 31.7 Å². The van der Waals surface area contributed by atoms with E-state index in [2.05, 4.69) is 9.74 Å². The van der Waals surface area contributed by atoms with Gasteiger partial charge in [-0.25, -0.2) is 13.3 Å². The van der Waals surface area contributed by atoms with Crippen molar-refractivity contribution in [3.63, 3.8) is 0 Å². The molecule has 5 rings (SSSR count). The number of amides is 1. The molecule has 0 aromatic heterocycles. The first kappa shape index (κ1) is 23.7. The Morgan fingerprint density at radius 1 is 0.971 bits per heavy atom. The number of piperazine rings is 1. The fraction of sp³-hybridized carbons (Fsp3) is 0.400. The van der Waals surface area contributed by atoms with Gasteiger partial charge in [0.05, 0.1) is 12.8 Å². The molecule has 2 aromatic rings. The normalized spacial score (nSPS) is 20.3. The van der Waals surface area contributed by atoms with Crippen molar-refractivity contribution in [2.24, 2.45) is 0 Å². The topological polar surface area (TPSA) is 68.5 Å². The molecule has 8 nitrogen and oxygen atoms in total. The van der Waals surface area contributed by atoms with E-state index in [1.54, 1.807) is 17.0 Å². The van der Waals surface area contributed by atoms with Crippen molar-refractivity contribution in [3.8, 4) is 0 Å². The number of carbonyl (C=O) groups is 1. The third kappa shape index (κ3) is 3.88. The molecule has 0 unspecified atom stereocenters. The van der Waals surface area contributed by atoms with Crippen molar-refractivity contribution in [1.29, 1.82) is 0 Å². The van der Waals surface area contributed by atoms with Gasteiger partial charge in [-0.15, -0.1) is 0 Å². The van der Waals surface area contributed by atoms with Crippen LogP contribution in [0.4, 0.5) is 22.7 Å². The molecule has 2 aliphatic heterocycles. The SMILES string of the molecule is [C-]#[N+]c1ccc(N2C(=O)C3(CCC3)N(c3ccc(N4CCN(S(C)(=O)=O)CC4)cc3)C2=S)cc1C. The molecule has 1 saturated carbocycles. The second kappa shape index (κ2) is 8.59. The van der Waals surface area contributed by atoms with Gasteiger partial charge in [0.25, 0.3) is 5.91 Å². The lowest BCUT2D eigenvalue weighted by atomic mass is 9.75. The van der Waals surface area contributed by atoms with Gasteiger partial charge in [-0.05, 0) is 80.4 Å². The minimum Gasteiger partial charge on any atom is -0.369 e. The predicted octanol–water partition coefficient (Wildman–Crippen LogP) is 3.69. The van der Waals surface area contributed by atoms with Gasteiger partial charge in [-0.2, -0.15) is 4.31 Å². The summed E-state index contributed by atoms with van der Waals surface area (Å²) in [6.45, 7) is 11.4. The Balaban J connectivity index is 1.40. The highest BCUT2D eigenvalue weighted by atomic mass is 32.2. The third-order valence-corrected chi connectivity index (χ3v) is 9.00. The minimum absolute atomic E-state index is 0.00955. The molecule has 2 saturated heterocycles. The number of hydrogen-bond acceptors (Lipinski definition) is 5.